The molecule has 0 aliphatic carbocycles. The summed E-state index contributed by atoms with van der Waals surface area (Å²) >= 11 is 0. The summed E-state index contributed by atoms with van der Waals surface area (Å²) < 4.78 is 12.9. The number of likely N-dealkylation sites (N-methyl/N-ethyl adjacent to an activating group) is 1. The van der Waals surface area contributed by atoms with Gasteiger partial charge >= 0.3 is 0 Å². The molecule has 0 unspecified atom stereocenters. The van der Waals surface area contributed by atoms with Gasteiger partial charge < -0.3 is 4.90 Å². The van der Waals surface area contributed by atoms with Crippen LogP contribution in [-0.2, 0) is 6.42 Å². The first-order valence-corrected chi connectivity index (χ1v) is 6.79. The molecule has 104 valence electrons. The van der Waals surface area contributed by atoms with Crippen molar-refractivity contribution in [2.75, 3.05) is 13.1 Å². The number of nitrogens with zero attached hydrogens (tertiary/aromatic N) is 1. The van der Waals surface area contributed by atoms with Crippen molar-refractivity contribution in [2.24, 2.45) is 0 Å². The van der Waals surface area contributed by atoms with Gasteiger partial charge in [-0.25, -0.2) is 4.39 Å². The van der Waals surface area contributed by atoms with Gasteiger partial charge in [0, 0.05) is 18.7 Å². The molecule has 20 heavy (non-hydrogen) atoms. The lowest BCUT2D eigenvalue weighted by Crippen LogP contribution is -2.32. The minimum Gasteiger partial charge on any atom is -0.339 e. The molecule has 0 heterocycles. The van der Waals surface area contributed by atoms with Crippen LogP contribution in [0, 0.1) is 5.82 Å². The van der Waals surface area contributed by atoms with Crippen molar-refractivity contribution >= 4 is 5.91 Å². The Kier molecular flexibility index (Phi) is 4.88. The molecule has 1 amide bonds. The normalized spacial score (nSPS) is 10.3. The Morgan fingerprint density at radius 2 is 1.70 bits per heavy atom. The van der Waals surface area contributed by atoms with Gasteiger partial charge in [0.15, 0.2) is 0 Å². The van der Waals surface area contributed by atoms with Gasteiger partial charge in [-0.05, 0) is 43.2 Å². The second kappa shape index (κ2) is 6.85. The Balaban J connectivity index is 2.00. The fourth-order valence-corrected chi connectivity index (χ4v) is 2.09. The van der Waals surface area contributed by atoms with Gasteiger partial charge in [-0.3, -0.25) is 4.79 Å². The second-order valence-corrected chi connectivity index (χ2v) is 4.63. The van der Waals surface area contributed by atoms with E-state index in [2.05, 4.69) is 12.1 Å². The standard InChI is InChI=1S/C17H18FNO/c1-2-19(13-12-14-6-4-3-5-7-14)17(20)15-8-10-16(18)11-9-15/h3-11H,2,12-13H2,1H3. The Morgan fingerprint density at radius 1 is 1.05 bits per heavy atom. The minimum atomic E-state index is -0.325. The van der Waals surface area contributed by atoms with Crippen LogP contribution in [0.5, 0.6) is 0 Å². The molecule has 0 atom stereocenters. The average Bonchev–Trinajstić information content (AvgIpc) is 2.49. The van der Waals surface area contributed by atoms with Crippen LogP contribution >= 0.6 is 0 Å². The molecule has 0 spiro atoms. The fourth-order valence-electron chi connectivity index (χ4n) is 2.09. The summed E-state index contributed by atoms with van der Waals surface area (Å²) in [7, 11) is 0. The first-order chi connectivity index (χ1) is 9.70. The van der Waals surface area contributed by atoms with Gasteiger partial charge in [-0.2, -0.15) is 0 Å². The van der Waals surface area contributed by atoms with Crippen molar-refractivity contribution in [1.29, 1.82) is 0 Å². The Hall–Kier alpha value is -2.16. The number of hydrogen-bond acceptors (Lipinski definition) is 1. The minimum absolute atomic E-state index is 0.0524. The van der Waals surface area contributed by atoms with E-state index in [1.165, 1.54) is 29.8 Å². The maximum absolute atomic E-state index is 12.9. The molecule has 2 aromatic carbocycles. The summed E-state index contributed by atoms with van der Waals surface area (Å²) in [4.78, 5) is 14.1. The SMILES string of the molecule is CCN(CCc1ccccc1)C(=O)c1ccc(F)cc1. The van der Waals surface area contributed by atoms with Crippen LogP contribution in [0.15, 0.2) is 54.6 Å². The van der Waals surface area contributed by atoms with E-state index in [1.54, 1.807) is 4.90 Å². The zero-order valence-electron chi connectivity index (χ0n) is 11.6. The zero-order chi connectivity index (χ0) is 14.4. The van der Waals surface area contributed by atoms with Gasteiger partial charge in [-0.15, -0.1) is 0 Å². The van der Waals surface area contributed by atoms with Crippen LogP contribution in [0.1, 0.15) is 22.8 Å². The molecule has 2 aromatic rings. The van der Waals surface area contributed by atoms with Crippen molar-refractivity contribution in [3.8, 4) is 0 Å². The van der Waals surface area contributed by atoms with E-state index in [4.69, 9.17) is 0 Å². The van der Waals surface area contributed by atoms with Crippen LogP contribution in [0.4, 0.5) is 4.39 Å². The summed E-state index contributed by atoms with van der Waals surface area (Å²) in [5.74, 6) is -0.377. The van der Waals surface area contributed by atoms with E-state index < -0.39 is 0 Å². The van der Waals surface area contributed by atoms with Crippen LogP contribution in [0.25, 0.3) is 0 Å². The monoisotopic (exact) mass is 271 g/mol. The van der Waals surface area contributed by atoms with E-state index in [9.17, 15) is 9.18 Å². The summed E-state index contributed by atoms with van der Waals surface area (Å²) in [5, 5.41) is 0. The maximum atomic E-state index is 12.9. The van der Waals surface area contributed by atoms with E-state index in [-0.39, 0.29) is 11.7 Å². The average molecular weight is 271 g/mol. The third-order valence-corrected chi connectivity index (χ3v) is 3.27. The number of amides is 1. The highest BCUT2D eigenvalue weighted by atomic mass is 19.1. The topological polar surface area (TPSA) is 20.3 Å². The Morgan fingerprint density at radius 3 is 2.30 bits per heavy atom. The molecule has 0 bridgehead atoms. The molecule has 0 saturated carbocycles. The van der Waals surface area contributed by atoms with E-state index in [0.29, 0.717) is 18.7 Å². The number of carbonyl (C=O) groups is 1. The Labute approximate surface area is 118 Å². The van der Waals surface area contributed by atoms with Crippen molar-refractivity contribution < 1.29 is 9.18 Å². The lowest BCUT2D eigenvalue weighted by Gasteiger charge is -2.21. The fraction of sp³-hybridized carbons (Fsp3) is 0.235. The lowest BCUT2D eigenvalue weighted by atomic mass is 10.1. The number of hydrogen-bond donors (Lipinski definition) is 0. The van der Waals surface area contributed by atoms with Crippen LogP contribution < -0.4 is 0 Å². The Bertz CT molecular complexity index is 551. The summed E-state index contributed by atoms with van der Waals surface area (Å²) in [5.41, 5.74) is 1.74. The molecule has 0 aliphatic rings. The number of carbonyl (C=O) groups excluding carboxylic acids is 1. The molecule has 0 radical (unpaired) electrons. The highest BCUT2D eigenvalue weighted by Gasteiger charge is 2.13. The summed E-state index contributed by atoms with van der Waals surface area (Å²) in [6.45, 7) is 3.26. The molecule has 0 saturated heterocycles. The van der Waals surface area contributed by atoms with Crippen molar-refractivity contribution in [3.05, 3.63) is 71.5 Å². The third-order valence-electron chi connectivity index (χ3n) is 3.27. The van der Waals surface area contributed by atoms with Crippen LogP contribution in [0.2, 0.25) is 0 Å². The maximum Gasteiger partial charge on any atom is 0.253 e. The number of benzene rings is 2. The highest BCUT2D eigenvalue weighted by Crippen LogP contribution is 2.08. The van der Waals surface area contributed by atoms with Crippen molar-refractivity contribution in [3.63, 3.8) is 0 Å². The third kappa shape index (κ3) is 3.67. The molecular formula is C17H18FNO. The molecule has 0 aliphatic heterocycles. The van der Waals surface area contributed by atoms with Crippen molar-refractivity contribution in [1.82, 2.24) is 4.90 Å². The molecular weight excluding hydrogens is 253 g/mol. The number of halogens is 1. The molecule has 2 nitrogen and oxygen atoms in total. The molecule has 0 N–H and O–H groups in total. The van der Waals surface area contributed by atoms with Gasteiger partial charge in [0.1, 0.15) is 5.82 Å². The predicted molar refractivity (Wildman–Crippen MR) is 78.1 cm³/mol. The number of rotatable bonds is 5. The summed E-state index contributed by atoms with van der Waals surface area (Å²) in [6.07, 6.45) is 0.821. The van der Waals surface area contributed by atoms with Gasteiger partial charge in [0.05, 0.1) is 0 Å². The van der Waals surface area contributed by atoms with Gasteiger partial charge in [0.25, 0.3) is 5.91 Å². The molecule has 0 fully saturated rings. The van der Waals surface area contributed by atoms with Crippen LogP contribution in [0.3, 0.4) is 0 Å². The van der Waals surface area contributed by atoms with Crippen LogP contribution in [-0.4, -0.2) is 23.9 Å². The van der Waals surface area contributed by atoms with E-state index in [1.807, 2.05) is 25.1 Å². The van der Waals surface area contributed by atoms with Gasteiger partial charge in [0.2, 0.25) is 0 Å². The largest absolute Gasteiger partial charge is 0.339 e. The van der Waals surface area contributed by atoms with Crippen molar-refractivity contribution in [2.45, 2.75) is 13.3 Å². The summed E-state index contributed by atoms with van der Waals surface area (Å²) in [6, 6.07) is 15.8. The first-order valence-electron chi connectivity index (χ1n) is 6.79. The predicted octanol–water partition coefficient (Wildman–Crippen LogP) is 3.53. The van der Waals surface area contributed by atoms with E-state index in [0.717, 1.165) is 6.42 Å². The van der Waals surface area contributed by atoms with E-state index >= 15 is 0 Å². The second-order valence-electron chi connectivity index (χ2n) is 4.63. The highest BCUT2D eigenvalue weighted by molar-refractivity contribution is 5.94. The molecule has 0 aromatic heterocycles. The lowest BCUT2D eigenvalue weighted by molar-refractivity contribution is 0.0766. The smallest absolute Gasteiger partial charge is 0.253 e. The first kappa shape index (κ1) is 14.3. The molecule has 3 heteroatoms. The van der Waals surface area contributed by atoms with Gasteiger partial charge in [-0.1, -0.05) is 30.3 Å². The molecule has 2 rings (SSSR count). The quantitative estimate of drug-likeness (QED) is 0.814. The zero-order valence-corrected chi connectivity index (χ0v) is 11.6.